The van der Waals surface area contributed by atoms with Crippen LogP contribution in [-0.2, 0) is 9.53 Å². The first-order valence-corrected chi connectivity index (χ1v) is 6.96. The van der Waals surface area contributed by atoms with Gasteiger partial charge in [0.1, 0.15) is 11.9 Å². The summed E-state index contributed by atoms with van der Waals surface area (Å²) in [5.74, 6) is 0.535. The summed E-state index contributed by atoms with van der Waals surface area (Å²) in [6.45, 7) is 0.799. The lowest BCUT2D eigenvalue weighted by Gasteiger charge is -2.35. The van der Waals surface area contributed by atoms with Crippen molar-refractivity contribution in [3.05, 3.63) is 21.8 Å². The minimum absolute atomic E-state index is 0.210. The third-order valence-corrected chi connectivity index (χ3v) is 3.83. The molecule has 18 heavy (non-hydrogen) atoms. The lowest BCUT2D eigenvalue weighted by molar-refractivity contribution is -0.142. The van der Waals surface area contributed by atoms with Crippen molar-refractivity contribution in [1.82, 2.24) is 4.98 Å². The smallest absolute Gasteiger partial charge is 0.328 e. The molecule has 6 heteroatoms. The molecule has 1 aliphatic heterocycles. The van der Waals surface area contributed by atoms with Crippen molar-refractivity contribution in [3.8, 4) is 0 Å². The Hall–Kier alpha value is -0.810. The molecular formula is C12H14BrClN2O2. The van der Waals surface area contributed by atoms with E-state index in [0.29, 0.717) is 5.02 Å². The summed E-state index contributed by atoms with van der Waals surface area (Å²) in [7, 11) is 1.42. The first-order valence-electron chi connectivity index (χ1n) is 5.79. The van der Waals surface area contributed by atoms with Crippen LogP contribution in [-0.4, -0.2) is 30.6 Å². The monoisotopic (exact) mass is 332 g/mol. The SMILES string of the molecule is COC(=O)C1CCCCN1c1ncc(Cl)cc1Br. The van der Waals surface area contributed by atoms with Crippen molar-refractivity contribution >= 4 is 39.3 Å². The highest BCUT2D eigenvalue weighted by Gasteiger charge is 2.31. The molecule has 0 saturated carbocycles. The van der Waals surface area contributed by atoms with Gasteiger partial charge in [-0.05, 0) is 41.3 Å². The summed E-state index contributed by atoms with van der Waals surface area (Å²) in [5.41, 5.74) is 0. The fourth-order valence-corrected chi connectivity index (χ4v) is 3.05. The van der Waals surface area contributed by atoms with Gasteiger partial charge in [0.05, 0.1) is 16.6 Å². The van der Waals surface area contributed by atoms with E-state index in [1.54, 1.807) is 12.3 Å². The average Bonchev–Trinajstić information content (AvgIpc) is 2.38. The number of esters is 1. The van der Waals surface area contributed by atoms with Crippen LogP contribution in [0.2, 0.25) is 5.02 Å². The highest BCUT2D eigenvalue weighted by molar-refractivity contribution is 9.10. The molecule has 2 rings (SSSR count). The molecule has 2 heterocycles. The molecule has 1 aromatic heterocycles. The van der Waals surface area contributed by atoms with Gasteiger partial charge in [-0.25, -0.2) is 9.78 Å². The number of pyridine rings is 1. The fraction of sp³-hybridized carbons (Fsp3) is 0.500. The average molecular weight is 334 g/mol. The largest absolute Gasteiger partial charge is 0.467 e. The predicted octanol–water partition coefficient (Wildman–Crippen LogP) is 3.03. The van der Waals surface area contributed by atoms with Crippen molar-refractivity contribution in [2.75, 3.05) is 18.6 Å². The third kappa shape index (κ3) is 2.78. The van der Waals surface area contributed by atoms with Crippen molar-refractivity contribution in [2.45, 2.75) is 25.3 Å². The number of ether oxygens (including phenoxy) is 1. The number of anilines is 1. The molecular weight excluding hydrogens is 320 g/mol. The Morgan fingerprint density at radius 1 is 1.61 bits per heavy atom. The van der Waals surface area contributed by atoms with Gasteiger partial charge in [0.15, 0.2) is 0 Å². The molecule has 1 aromatic rings. The molecule has 1 atom stereocenters. The van der Waals surface area contributed by atoms with Gasteiger partial charge in [0.25, 0.3) is 0 Å². The van der Waals surface area contributed by atoms with Crippen LogP contribution in [0.3, 0.4) is 0 Å². The molecule has 1 unspecified atom stereocenters. The number of rotatable bonds is 2. The van der Waals surface area contributed by atoms with E-state index in [2.05, 4.69) is 20.9 Å². The van der Waals surface area contributed by atoms with Crippen molar-refractivity contribution in [2.24, 2.45) is 0 Å². The predicted molar refractivity (Wildman–Crippen MR) is 73.9 cm³/mol. The number of methoxy groups -OCH3 is 1. The van der Waals surface area contributed by atoms with Gasteiger partial charge in [-0.15, -0.1) is 0 Å². The van der Waals surface area contributed by atoms with E-state index in [1.807, 2.05) is 4.90 Å². The number of hydrogen-bond donors (Lipinski definition) is 0. The zero-order chi connectivity index (χ0) is 13.1. The number of carbonyl (C=O) groups is 1. The van der Waals surface area contributed by atoms with Gasteiger partial charge >= 0.3 is 5.97 Å². The Bertz CT molecular complexity index is 456. The van der Waals surface area contributed by atoms with Crippen LogP contribution in [0.4, 0.5) is 5.82 Å². The second kappa shape index (κ2) is 5.89. The minimum atomic E-state index is -0.256. The molecule has 0 bridgehead atoms. The first-order chi connectivity index (χ1) is 8.63. The molecule has 0 radical (unpaired) electrons. The molecule has 98 valence electrons. The highest BCUT2D eigenvalue weighted by Crippen LogP contribution is 2.31. The summed E-state index contributed by atoms with van der Waals surface area (Å²) in [4.78, 5) is 18.1. The Morgan fingerprint density at radius 3 is 3.06 bits per heavy atom. The standard InChI is InChI=1S/C12H14BrClN2O2/c1-18-12(17)10-4-2-3-5-16(10)11-9(13)6-8(14)7-15-11/h6-7,10H,2-5H2,1H3. The number of carbonyl (C=O) groups excluding carboxylic acids is 1. The summed E-state index contributed by atoms with van der Waals surface area (Å²) >= 11 is 9.32. The molecule has 0 N–H and O–H groups in total. The zero-order valence-electron chi connectivity index (χ0n) is 10.0. The quantitative estimate of drug-likeness (QED) is 0.780. The maximum Gasteiger partial charge on any atom is 0.328 e. The maximum absolute atomic E-state index is 11.8. The molecule has 1 saturated heterocycles. The normalized spacial score (nSPS) is 19.7. The van der Waals surface area contributed by atoms with E-state index in [9.17, 15) is 4.79 Å². The maximum atomic E-state index is 11.8. The van der Waals surface area contributed by atoms with Crippen molar-refractivity contribution < 1.29 is 9.53 Å². The van der Waals surface area contributed by atoms with Crippen molar-refractivity contribution in [3.63, 3.8) is 0 Å². The van der Waals surface area contributed by atoms with Gasteiger partial charge in [-0.2, -0.15) is 0 Å². The minimum Gasteiger partial charge on any atom is -0.467 e. The highest BCUT2D eigenvalue weighted by atomic mass is 79.9. The van der Waals surface area contributed by atoms with Gasteiger partial charge in [-0.1, -0.05) is 11.6 Å². The number of hydrogen-bond acceptors (Lipinski definition) is 4. The molecule has 0 aliphatic carbocycles. The Kier molecular flexibility index (Phi) is 4.45. The summed E-state index contributed by atoms with van der Waals surface area (Å²) in [6, 6.07) is 1.53. The number of aromatic nitrogens is 1. The third-order valence-electron chi connectivity index (χ3n) is 3.04. The Labute approximate surface area is 119 Å². The van der Waals surface area contributed by atoms with Crippen LogP contribution >= 0.6 is 27.5 Å². The van der Waals surface area contributed by atoms with Crippen LogP contribution in [0.15, 0.2) is 16.7 Å². The fourth-order valence-electron chi connectivity index (χ4n) is 2.18. The second-order valence-electron chi connectivity index (χ2n) is 4.19. The number of nitrogens with zero attached hydrogens (tertiary/aromatic N) is 2. The van der Waals surface area contributed by atoms with E-state index in [4.69, 9.17) is 16.3 Å². The molecule has 1 aliphatic rings. The van der Waals surface area contributed by atoms with Gasteiger partial charge in [-0.3, -0.25) is 0 Å². The van der Waals surface area contributed by atoms with Crippen LogP contribution < -0.4 is 4.90 Å². The molecule has 1 fully saturated rings. The van der Waals surface area contributed by atoms with Gasteiger partial charge in [0, 0.05) is 12.7 Å². The van der Waals surface area contributed by atoms with E-state index in [-0.39, 0.29) is 12.0 Å². The second-order valence-corrected chi connectivity index (χ2v) is 5.48. The molecule has 0 spiro atoms. The Morgan fingerprint density at radius 2 is 2.39 bits per heavy atom. The molecule has 0 aromatic carbocycles. The van der Waals surface area contributed by atoms with E-state index in [0.717, 1.165) is 36.1 Å². The summed E-state index contributed by atoms with van der Waals surface area (Å²) in [5, 5.41) is 0.567. The van der Waals surface area contributed by atoms with Gasteiger partial charge < -0.3 is 9.64 Å². The summed E-state index contributed by atoms with van der Waals surface area (Å²) < 4.78 is 5.65. The van der Waals surface area contributed by atoms with Crippen molar-refractivity contribution in [1.29, 1.82) is 0 Å². The zero-order valence-corrected chi connectivity index (χ0v) is 12.4. The molecule has 4 nitrogen and oxygen atoms in total. The lowest BCUT2D eigenvalue weighted by atomic mass is 10.0. The van der Waals surface area contributed by atoms with E-state index in [1.165, 1.54) is 7.11 Å². The number of halogens is 2. The Balaban J connectivity index is 2.30. The molecule has 0 amide bonds. The van der Waals surface area contributed by atoms with E-state index < -0.39 is 0 Å². The van der Waals surface area contributed by atoms with Crippen LogP contribution in [0.25, 0.3) is 0 Å². The van der Waals surface area contributed by atoms with Crippen LogP contribution in [0.1, 0.15) is 19.3 Å². The first kappa shape index (κ1) is 13.6. The van der Waals surface area contributed by atoms with E-state index >= 15 is 0 Å². The summed E-state index contributed by atoms with van der Waals surface area (Å²) in [6.07, 6.45) is 4.46. The number of piperidine rings is 1. The lowest BCUT2D eigenvalue weighted by Crippen LogP contribution is -2.46. The van der Waals surface area contributed by atoms with Gasteiger partial charge in [0.2, 0.25) is 0 Å². The van der Waals surface area contributed by atoms with Crippen LogP contribution in [0.5, 0.6) is 0 Å². The topological polar surface area (TPSA) is 42.4 Å². The van der Waals surface area contributed by atoms with Crippen LogP contribution in [0, 0.1) is 0 Å².